The fraction of sp³-hybridized carbons (Fsp3) is 0.176. The van der Waals surface area contributed by atoms with Crippen LogP contribution in [-0.4, -0.2) is 19.3 Å². The zero-order valence-corrected chi connectivity index (χ0v) is 12.4. The van der Waals surface area contributed by atoms with Crippen LogP contribution in [-0.2, 0) is 4.74 Å². The lowest BCUT2D eigenvalue weighted by Gasteiger charge is -2.10. The number of anilines is 1. The van der Waals surface area contributed by atoms with Crippen molar-refractivity contribution in [1.82, 2.24) is 0 Å². The van der Waals surface area contributed by atoms with Crippen molar-refractivity contribution in [2.45, 2.75) is 13.8 Å². The average Bonchev–Trinajstić information content (AvgIpc) is 2.51. The van der Waals surface area contributed by atoms with Crippen LogP contribution in [0.25, 0.3) is 0 Å². The Labute approximate surface area is 124 Å². The van der Waals surface area contributed by atoms with Crippen LogP contribution < -0.4 is 5.43 Å². The van der Waals surface area contributed by atoms with Crippen molar-refractivity contribution in [2.75, 3.05) is 12.5 Å². The molecule has 0 aliphatic heterocycles. The second-order valence-corrected chi connectivity index (χ2v) is 4.70. The van der Waals surface area contributed by atoms with E-state index in [1.54, 1.807) is 6.21 Å². The molecule has 0 saturated carbocycles. The Morgan fingerprint density at radius 2 is 1.86 bits per heavy atom. The average molecular weight is 282 g/mol. The van der Waals surface area contributed by atoms with Gasteiger partial charge in [0, 0.05) is 5.56 Å². The van der Waals surface area contributed by atoms with E-state index in [0.717, 1.165) is 22.4 Å². The molecule has 4 heteroatoms. The van der Waals surface area contributed by atoms with Gasteiger partial charge in [-0.05, 0) is 37.1 Å². The number of hydrogen-bond donors (Lipinski definition) is 1. The maximum atomic E-state index is 11.9. The smallest absolute Gasteiger partial charge is 0.338 e. The molecule has 0 aromatic heterocycles. The van der Waals surface area contributed by atoms with Crippen molar-refractivity contribution in [1.29, 1.82) is 0 Å². The van der Waals surface area contributed by atoms with Gasteiger partial charge in [-0.3, -0.25) is 5.43 Å². The molecule has 1 N–H and O–H groups in total. The van der Waals surface area contributed by atoms with Crippen LogP contribution in [0.5, 0.6) is 0 Å². The normalized spacial score (nSPS) is 10.6. The Morgan fingerprint density at radius 1 is 1.14 bits per heavy atom. The minimum atomic E-state index is -0.350. The van der Waals surface area contributed by atoms with Gasteiger partial charge in [-0.2, -0.15) is 5.10 Å². The molecule has 2 aromatic carbocycles. The molecule has 0 atom stereocenters. The molecule has 0 radical (unpaired) electrons. The fourth-order valence-electron chi connectivity index (χ4n) is 2.01. The van der Waals surface area contributed by atoms with E-state index in [9.17, 15) is 4.79 Å². The number of hydrogen-bond acceptors (Lipinski definition) is 4. The van der Waals surface area contributed by atoms with E-state index in [2.05, 4.69) is 10.5 Å². The van der Waals surface area contributed by atoms with Gasteiger partial charge in [-0.15, -0.1) is 0 Å². The molecule has 0 heterocycles. The van der Waals surface area contributed by atoms with Crippen molar-refractivity contribution >= 4 is 17.9 Å². The first kappa shape index (κ1) is 14.8. The molecule has 0 bridgehead atoms. The highest BCUT2D eigenvalue weighted by Crippen LogP contribution is 2.18. The van der Waals surface area contributed by atoms with Gasteiger partial charge in [-0.1, -0.05) is 30.3 Å². The molecule has 0 saturated heterocycles. The summed E-state index contributed by atoms with van der Waals surface area (Å²) in [5.74, 6) is -0.350. The van der Waals surface area contributed by atoms with Crippen LogP contribution in [0.3, 0.4) is 0 Å². The summed E-state index contributed by atoms with van der Waals surface area (Å²) < 4.78 is 4.86. The van der Waals surface area contributed by atoms with Gasteiger partial charge in [0.2, 0.25) is 0 Å². The molecular weight excluding hydrogens is 264 g/mol. The standard InChI is InChI=1S/C17H18N2O2/c1-12-9-10-14(16(13(12)2)17(20)21-3)11-18-19-15-7-5-4-6-8-15/h4-11,19H,1-3H3. The van der Waals surface area contributed by atoms with Crippen LogP contribution >= 0.6 is 0 Å². The number of rotatable bonds is 4. The highest BCUT2D eigenvalue weighted by Gasteiger charge is 2.15. The van der Waals surface area contributed by atoms with Crippen molar-refractivity contribution in [3.05, 3.63) is 64.7 Å². The van der Waals surface area contributed by atoms with Crippen LogP contribution in [0.1, 0.15) is 27.0 Å². The van der Waals surface area contributed by atoms with Crippen molar-refractivity contribution in [2.24, 2.45) is 5.10 Å². The first-order valence-electron chi connectivity index (χ1n) is 6.66. The second kappa shape index (κ2) is 6.70. The van der Waals surface area contributed by atoms with E-state index in [1.807, 2.05) is 56.3 Å². The summed E-state index contributed by atoms with van der Waals surface area (Å²) in [6.45, 7) is 3.87. The predicted molar refractivity (Wildman–Crippen MR) is 84.9 cm³/mol. The maximum absolute atomic E-state index is 11.9. The second-order valence-electron chi connectivity index (χ2n) is 4.70. The molecule has 0 aliphatic carbocycles. The van der Waals surface area contributed by atoms with E-state index in [1.165, 1.54) is 7.11 Å². The largest absolute Gasteiger partial charge is 0.465 e. The van der Waals surface area contributed by atoms with Crippen molar-refractivity contribution in [3.63, 3.8) is 0 Å². The lowest BCUT2D eigenvalue weighted by atomic mass is 9.98. The summed E-state index contributed by atoms with van der Waals surface area (Å²) in [7, 11) is 1.38. The molecule has 0 fully saturated rings. The quantitative estimate of drug-likeness (QED) is 0.530. The Bertz CT molecular complexity index is 664. The zero-order valence-electron chi connectivity index (χ0n) is 12.4. The highest BCUT2D eigenvalue weighted by molar-refractivity contribution is 6.01. The molecule has 2 aromatic rings. The molecule has 2 rings (SSSR count). The number of methoxy groups -OCH3 is 1. The maximum Gasteiger partial charge on any atom is 0.338 e. The minimum absolute atomic E-state index is 0.350. The zero-order chi connectivity index (χ0) is 15.2. The number of nitrogens with one attached hydrogen (secondary N) is 1. The Morgan fingerprint density at radius 3 is 2.52 bits per heavy atom. The number of carbonyl (C=O) groups is 1. The topological polar surface area (TPSA) is 50.7 Å². The molecule has 0 amide bonds. The predicted octanol–water partition coefficient (Wildman–Crippen LogP) is 3.54. The SMILES string of the molecule is COC(=O)c1c(C=NNc2ccccc2)ccc(C)c1C. The highest BCUT2D eigenvalue weighted by atomic mass is 16.5. The molecule has 21 heavy (non-hydrogen) atoms. The molecule has 108 valence electrons. The van der Waals surface area contributed by atoms with E-state index in [0.29, 0.717) is 5.56 Å². The number of ether oxygens (including phenoxy) is 1. The third kappa shape index (κ3) is 3.48. The van der Waals surface area contributed by atoms with Crippen LogP contribution in [0, 0.1) is 13.8 Å². The van der Waals surface area contributed by atoms with Crippen LogP contribution in [0.4, 0.5) is 5.69 Å². The summed E-state index contributed by atoms with van der Waals surface area (Å²) in [5, 5.41) is 4.18. The molecule has 0 spiro atoms. The number of carbonyl (C=O) groups excluding carboxylic acids is 1. The van der Waals surface area contributed by atoms with Crippen LogP contribution in [0.15, 0.2) is 47.6 Å². The van der Waals surface area contributed by atoms with Gasteiger partial charge < -0.3 is 4.74 Å². The van der Waals surface area contributed by atoms with Gasteiger partial charge in [0.05, 0.1) is 24.6 Å². The minimum Gasteiger partial charge on any atom is -0.465 e. The van der Waals surface area contributed by atoms with E-state index < -0.39 is 0 Å². The van der Waals surface area contributed by atoms with Gasteiger partial charge in [0.15, 0.2) is 0 Å². The van der Waals surface area contributed by atoms with Gasteiger partial charge in [0.25, 0.3) is 0 Å². The number of nitrogens with zero attached hydrogens (tertiary/aromatic N) is 1. The van der Waals surface area contributed by atoms with Gasteiger partial charge in [-0.25, -0.2) is 4.79 Å². The van der Waals surface area contributed by atoms with Crippen LogP contribution in [0.2, 0.25) is 0 Å². The fourth-order valence-corrected chi connectivity index (χ4v) is 2.01. The lowest BCUT2D eigenvalue weighted by Crippen LogP contribution is -2.09. The first-order chi connectivity index (χ1) is 10.1. The third-order valence-corrected chi connectivity index (χ3v) is 3.33. The summed E-state index contributed by atoms with van der Waals surface area (Å²) in [6.07, 6.45) is 1.63. The van der Waals surface area contributed by atoms with Gasteiger partial charge in [0.1, 0.15) is 0 Å². The monoisotopic (exact) mass is 282 g/mol. The molecule has 0 aliphatic rings. The van der Waals surface area contributed by atoms with E-state index in [4.69, 9.17) is 4.74 Å². The summed E-state index contributed by atoms with van der Waals surface area (Å²) in [5.41, 5.74) is 7.05. The number of esters is 1. The summed E-state index contributed by atoms with van der Waals surface area (Å²) >= 11 is 0. The van der Waals surface area contributed by atoms with Crippen molar-refractivity contribution in [3.8, 4) is 0 Å². The molecule has 4 nitrogen and oxygen atoms in total. The van der Waals surface area contributed by atoms with E-state index in [-0.39, 0.29) is 5.97 Å². The number of benzene rings is 2. The van der Waals surface area contributed by atoms with Gasteiger partial charge >= 0.3 is 5.97 Å². The first-order valence-corrected chi connectivity index (χ1v) is 6.66. The third-order valence-electron chi connectivity index (χ3n) is 3.33. The lowest BCUT2D eigenvalue weighted by molar-refractivity contribution is 0.0599. The number of para-hydroxylation sites is 1. The molecular formula is C17H18N2O2. The Hall–Kier alpha value is -2.62. The Kier molecular flexibility index (Phi) is 4.72. The summed E-state index contributed by atoms with van der Waals surface area (Å²) in [4.78, 5) is 11.9. The Balaban J connectivity index is 2.27. The number of aryl methyl sites for hydroxylation is 1. The molecule has 0 unspecified atom stereocenters. The van der Waals surface area contributed by atoms with Crippen molar-refractivity contribution < 1.29 is 9.53 Å². The number of hydrazone groups is 1. The van der Waals surface area contributed by atoms with E-state index >= 15 is 0 Å². The summed E-state index contributed by atoms with van der Waals surface area (Å²) in [6, 6.07) is 13.4.